The second-order valence-corrected chi connectivity index (χ2v) is 7.94. The van der Waals surface area contributed by atoms with Crippen LogP contribution in [0.15, 0.2) is 41.4 Å². The monoisotopic (exact) mass is 372 g/mol. The van der Waals surface area contributed by atoms with Crippen LogP contribution < -0.4 is 4.90 Å². The first kappa shape index (κ1) is 18.0. The highest BCUT2D eigenvalue weighted by Crippen LogP contribution is 2.40. The highest BCUT2D eigenvalue weighted by atomic mass is 35.5. The largest absolute Gasteiger partial charge is 0.365 e. The molecular formula is C21H22Cl2N2. The maximum absolute atomic E-state index is 6.53. The summed E-state index contributed by atoms with van der Waals surface area (Å²) in [5, 5.41) is 1.41. The number of aliphatic imine (C=N–C) groups is 1. The summed E-state index contributed by atoms with van der Waals surface area (Å²) in [6.07, 6.45) is 4.08. The Kier molecular flexibility index (Phi) is 4.70. The molecule has 130 valence electrons. The van der Waals surface area contributed by atoms with Crippen molar-refractivity contribution in [2.24, 2.45) is 4.99 Å². The Hall–Kier alpha value is -1.77. The van der Waals surface area contributed by atoms with E-state index in [2.05, 4.69) is 49.9 Å². The predicted octanol–water partition coefficient (Wildman–Crippen LogP) is 6.68. The van der Waals surface area contributed by atoms with Crippen LogP contribution in [0.4, 0.5) is 11.4 Å². The molecule has 3 rings (SSSR count). The molecule has 2 aromatic carbocycles. The molecule has 0 aliphatic carbocycles. The number of benzene rings is 2. The van der Waals surface area contributed by atoms with Gasteiger partial charge in [-0.2, -0.15) is 0 Å². The van der Waals surface area contributed by atoms with E-state index in [1.165, 1.54) is 11.1 Å². The van der Waals surface area contributed by atoms with Gasteiger partial charge in [-0.1, -0.05) is 35.3 Å². The van der Waals surface area contributed by atoms with Crippen LogP contribution in [0.25, 0.3) is 5.57 Å². The van der Waals surface area contributed by atoms with Crippen LogP contribution in [0.5, 0.6) is 0 Å². The van der Waals surface area contributed by atoms with Crippen molar-refractivity contribution >= 4 is 46.4 Å². The summed E-state index contributed by atoms with van der Waals surface area (Å²) in [5.41, 5.74) is 6.31. The predicted molar refractivity (Wildman–Crippen MR) is 111 cm³/mol. The van der Waals surface area contributed by atoms with Gasteiger partial charge in [-0.15, -0.1) is 0 Å². The van der Waals surface area contributed by atoms with Crippen molar-refractivity contribution in [2.75, 3.05) is 11.9 Å². The maximum Gasteiger partial charge on any atom is 0.0644 e. The minimum Gasteiger partial charge on any atom is -0.365 e. The van der Waals surface area contributed by atoms with Crippen molar-refractivity contribution in [1.82, 2.24) is 0 Å². The van der Waals surface area contributed by atoms with Gasteiger partial charge in [0.2, 0.25) is 0 Å². The van der Waals surface area contributed by atoms with E-state index >= 15 is 0 Å². The van der Waals surface area contributed by atoms with Gasteiger partial charge in [-0.05, 0) is 63.1 Å². The molecule has 25 heavy (non-hydrogen) atoms. The fourth-order valence-electron chi connectivity index (χ4n) is 3.09. The van der Waals surface area contributed by atoms with E-state index in [1.54, 1.807) is 6.21 Å². The summed E-state index contributed by atoms with van der Waals surface area (Å²) in [4.78, 5) is 6.79. The Morgan fingerprint density at radius 3 is 2.44 bits per heavy atom. The Balaban J connectivity index is 2.01. The molecule has 0 N–H and O–H groups in total. The molecule has 0 bridgehead atoms. The third kappa shape index (κ3) is 3.47. The van der Waals surface area contributed by atoms with Gasteiger partial charge < -0.3 is 4.90 Å². The Morgan fingerprint density at radius 1 is 1.04 bits per heavy atom. The summed E-state index contributed by atoms with van der Waals surface area (Å²) in [6.45, 7) is 8.51. The standard InChI is InChI=1S/C21H22Cl2N2/c1-13-6-7-16(9-18(13)22)24-12-15-8-17-14(2)11-21(3,4)25(5)20(17)10-19(15)23/h6-12H,1-5H3. The lowest BCUT2D eigenvalue weighted by atomic mass is 9.88. The molecule has 0 amide bonds. The van der Waals surface area contributed by atoms with Gasteiger partial charge in [0, 0.05) is 35.1 Å². The zero-order valence-corrected chi connectivity index (χ0v) is 16.7. The van der Waals surface area contributed by atoms with E-state index in [4.69, 9.17) is 23.2 Å². The van der Waals surface area contributed by atoms with Crippen LogP contribution in [-0.2, 0) is 0 Å². The summed E-state index contributed by atoms with van der Waals surface area (Å²) >= 11 is 12.7. The van der Waals surface area contributed by atoms with Crippen LogP contribution in [0.3, 0.4) is 0 Å². The summed E-state index contributed by atoms with van der Waals surface area (Å²) in [5.74, 6) is 0. The van der Waals surface area contributed by atoms with Gasteiger partial charge in [-0.25, -0.2) is 0 Å². The van der Waals surface area contributed by atoms with E-state index in [-0.39, 0.29) is 5.54 Å². The number of anilines is 1. The number of hydrogen-bond donors (Lipinski definition) is 0. The number of aryl methyl sites for hydroxylation is 1. The lowest BCUT2D eigenvalue weighted by Gasteiger charge is -2.40. The van der Waals surface area contributed by atoms with Crippen LogP contribution in [-0.4, -0.2) is 18.8 Å². The highest BCUT2D eigenvalue weighted by Gasteiger charge is 2.29. The molecule has 2 nitrogen and oxygen atoms in total. The molecule has 1 heterocycles. The van der Waals surface area contributed by atoms with Crippen molar-refractivity contribution in [3.8, 4) is 0 Å². The van der Waals surface area contributed by atoms with Crippen LogP contribution in [0.2, 0.25) is 10.0 Å². The van der Waals surface area contributed by atoms with E-state index < -0.39 is 0 Å². The minimum atomic E-state index is -0.0331. The third-order valence-corrected chi connectivity index (χ3v) is 5.58. The first-order valence-corrected chi connectivity index (χ1v) is 9.02. The molecule has 0 saturated carbocycles. The first-order valence-electron chi connectivity index (χ1n) is 8.26. The van der Waals surface area contributed by atoms with Crippen LogP contribution >= 0.6 is 23.2 Å². The molecule has 0 aromatic heterocycles. The summed E-state index contributed by atoms with van der Waals surface area (Å²) < 4.78 is 0. The second-order valence-electron chi connectivity index (χ2n) is 7.12. The number of likely N-dealkylation sites (N-methyl/N-ethyl adjacent to an activating group) is 1. The zero-order valence-electron chi connectivity index (χ0n) is 15.2. The van der Waals surface area contributed by atoms with Crippen LogP contribution in [0.1, 0.15) is 37.5 Å². The molecule has 0 radical (unpaired) electrons. The Bertz CT molecular complexity index is 895. The molecule has 0 atom stereocenters. The Labute approximate surface area is 159 Å². The molecule has 0 saturated heterocycles. The van der Waals surface area contributed by atoms with Crippen LogP contribution in [0, 0.1) is 6.92 Å². The molecule has 0 spiro atoms. The number of halogens is 2. The molecule has 1 aliphatic heterocycles. The number of hydrogen-bond acceptors (Lipinski definition) is 2. The van der Waals surface area contributed by atoms with Crippen molar-refractivity contribution in [1.29, 1.82) is 0 Å². The van der Waals surface area contributed by atoms with Gasteiger partial charge in [0.1, 0.15) is 0 Å². The Morgan fingerprint density at radius 2 is 1.76 bits per heavy atom. The van der Waals surface area contributed by atoms with E-state index in [0.717, 1.165) is 22.5 Å². The molecule has 1 aliphatic rings. The zero-order chi connectivity index (χ0) is 18.4. The summed E-state index contributed by atoms with van der Waals surface area (Å²) in [7, 11) is 2.10. The van der Waals surface area contributed by atoms with Crippen molar-refractivity contribution in [3.63, 3.8) is 0 Å². The lowest BCUT2D eigenvalue weighted by molar-refractivity contribution is 0.598. The van der Waals surface area contributed by atoms with Crippen molar-refractivity contribution in [3.05, 3.63) is 63.1 Å². The molecule has 0 unspecified atom stereocenters. The number of rotatable bonds is 2. The van der Waals surface area contributed by atoms with E-state index in [1.807, 2.05) is 31.2 Å². The highest BCUT2D eigenvalue weighted by molar-refractivity contribution is 6.33. The van der Waals surface area contributed by atoms with Gasteiger partial charge in [0.15, 0.2) is 0 Å². The first-order chi connectivity index (χ1) is 11.7. The quantitative estimate of drug-likeness (QED) is 0.536. The van der Waals surface area contributed by atoms with Gasteiger partial charge >= 0.3 is 0 Å². The minimum absolute atomic E-state index is 0.0331. The number of allylic oxidation sites excluding steroid dienone is 1. The van der Waals surface area contributed by atoms with Gasteiger partial charge in [-0.3, -0.25) is 4.99 Å². The van der Waals surface area contributed by atoms with Gasteiger partial charge in [0.25, 0.3) is 0 Å². The normalized spacial score (nSPS) is 16.1. The second kappa shape index (κ2) is 6.51. The third-order valence-electron chi connectivity index (χ3n) is 4.84. The average molecular weight is 373 g/mol. The SMILES string of the molecule is CC1=CC(C)(C)N(C)c2cc(Cl)c(C=Nc3ccc(C)c(Cl)c3)cc21. The smallest absolute Gasteiger partial charge is 0.0644 e. The van der Waals surface area contributed by atoms with Crippen molar-refractivity contribution < 1.29 is 0 Å². The fourth-order valence-corrected chi connectivity index (χ4v) is 3.47. The average Bonchev–Trinajstić information content (AvgIpc) is 2.54. The molecule has 0 fully saturated rings. The van der Waals surface area contributed by atoms with Gasteiger partial charge in [0.05, 0.1) is 16.2 Å². The molecule has 2 aromatic rings. The molecular weight excluding hydrogens is 351 g/mol. The number of nitrogens with zero attached hydrogens (tertiary/aromatic N) is 2. The molecule has 4 heteroatoms. The van der Waals surface area contributed by atoms with Crippen molar-refractivity contribution in [2.45, 2.75) is 33.2 Å². The topological polar surface area (TPSA) is 15.6 Å². The van der Waals surface area contributed by atoms with E-state index in [0.29, 0.717) is 10.0 Å². The number of fused-ring (bicyclic) bond motifs is 1. The fraction of sp³-hybridized carbons (Fsp3) is 0.286. The maximum atomic E-state index is 6.53. The summed E-state index contributed by atoms with van der Waals surface area (Å²) in [6, 6.07) is 9.91. The lowest BCUT2D eigenvalue weighted by Crippen LogP contribution is -2.42. The van der Waals surface area contributed by atoms with E-state index in [9.17, 15) is 0 Å².